The average molecular weight is 343 g/mol. The van der Waals surface area contributed by atoms with E-state index in [4.69, 9.17) is 14.2 Å². The zero-order valence-electron chi connectivity index (χ0n) is 15.0. The van der Waals surface area contributed by atoms with E-state index in [0.29, 0.717) is 19.6 Å². The first-order chi connectivity index (χ1) is 12.1. The van der Waals surface area contributed by atoms with Crippen molar-refractivity contribution in [2.24, 2.45) is 0 Å². The number of benzene rings is 2. The molecule has 1 amide bonds. The third-order valence-corrected chi connectivity index (χ3v) is 3.81. The van der Waals surface area contributed by atoms with Crippen LogP contribution in [0.3, 0.4) is 0 Å². The maximum Gasteiger partial charge on any atom is 0.223 e. The highest BCUT2D eigenvalue weighted by atomic mass is 16.5. The van der Waals surface area contributed by atoms with Gasteiger partial charge in [-0.15, -0.1) is 0 Å². The lowest BCUT2D eigenvalue weighted by Crippen LogP contribution is -2.27. The van der Waals surface area contributed by atoms with Crippen LogP contribution < -0.4 is 19.5 Å². The van der Waals surface area contributed by atoms with Gasteiger partial charge in [0.05, 0.1) is 27.2 Å². The minimum absolute atomic E-state index is 0.0277. The zero-order valence-corrected chi connectivity index (χ0v) is 15.0. The zero-order chi connectivity index (χ0) is 18.1. The van der Waals surface area contributed by atoms with E-state index in [-0.39, 0.29) is 5.91 Å². The summed E-state index contributed by atoms with van der Waals surface area (Å²) in [5.74, 6) is 2.32. The van der Waals surface area contributed by atoms with Crippen molar-refractivity contribution in [2.75, 3.05) is 27.4 Å². The number of nitrogens with one attached hydrogen (secondary N) is 1. The van der Waals surface area contributed by atoms with Crippen LogP contribution in [0.1, 0.15) is 17.5 Å². The highest BCUT2D eigenvalue weighted by Crippen LogP contribution is 2.20. The Bertz CT molecular complexity index is 683. The normalized spacial score (nSPS) is 10.2. The molecule has 134 valence electrons. The molecule has 0 bridgehead atoms. The molecule has 0 saturated carbocycles. The quantitative estimate of drug-likeness (QED) is 0.760. The number of hydrogen-bond donors (Lipinski definition) is 1. The van der Waals surface area contributed by atoms with Crippen LogP contribution in [-0.2, 0) is 11.2 Å². The number of ether oxygens (including phenoxy) is 3. The van der Waals surface area contributed by atoms with E-state index in [2.05, 4.69) is 11.4 Å². The van der Waals surface area contributed by atoms with Crippen molar-refractivity contribution in [3.63, 3.8) is 0 Å². The summed E-state index contributed by atoms with van der Waals surface area (Å²) in [6.45, 7) is 2.95. The summed E-state index contributed by atoms with van der Waals surface area (Å²) < 4.78 is 16.0. The van der Waals surface area contributed by atoms with Crippen molar-refractivity contribution in [1.29, 1.82) is 0 Å². The summed E-state index contributed by atoms with van der Waals surface area (Å²) >= 11 is 0. The highest BCUT2D eigenvalue weighted by Gasteiger charge is 2.06. The van der Waals surface area contributed by atoms with Crippen LogP contribution in [-0.4, -0.2) is 33.3 Å². The predicted molar refractivity (Wildman–Crippen MR) is 97.6 cm³/mol. The molecule has 25 heavy (non-hydrogen) atoms. The number of hydrogen-bond acceptors (Lipinski definition) is 4. The second kappa shape index (κ2) is 9.57. The van der Waals surface area contributed by atoms with E-state index in [1.165, 1.54) is 5.56 Å². The first-order valence-electron chi connectivity index (χ1n) is 8.29. The molecule has 0 fully saturated rings. The Kier molecular flexibility index (Phi) is 7.14. The third-order valence-electron chi connectivity index (χ3n) is 3.81. The number of methoxy groups -OCH3 is 2. The second-order valence-corrected chi connectivity index (χ2v) is 5.69. The lowest BCUT2D eigenvalue weighted by atomic mass is 10.1. The van der Waals surface area contributed by atoms with E-state index in [1.807, 2.05) is 43.3 Å². The van der Waals surface area contributed by atoms with Crippen molar-refractivity contribution in [1.82, 2.24) is 5.32 Å². The van der Waals surface area contributed by atoms with E-state index < -0.39 is 0 Å². The molecule has 2 rings (SSSR count). The number of carbonyl (C=O) groups excluding carboxylic acids is 1. The van der Waals surface area contributed by atoms with E-state index in [9.17, 15) is 4.79 Å². The molecule has 2 aromatic rings. The van der Waals surface area contributed by atoms with Gasteiger partial charge >= 0.3 is 0 Å². The molecule has 2 aromatic carbocycles. The van der Waals surface area contributed by atoms with Gasteiger partial charge in [0.15, 0.2) is 0 Å². The van der Waals surface area contributed by atoms with Crippen LogP contribution in [0, 0.1) is 6.92 Å². The number of carbonyl (C=O) groups is 1. The van der Waals surface area contributed by atoms with Gasteiger partial charge < -0.3 is 19.5 Å². The van der Waals surface area contributed by atoms with E-state index in [1.54, 1.807) is 14.2 Å². The molecule has 5 nitrogen and oxygen atoms in total. The molecule has 0 saturated heterocycles. The Labute approximate surface area is 148 Å². The molecule has 0 unspecified atom stereocenters. The second-order valence-electron chi connectivity index (χ2n) is 5.69. The molecule has 1 N–H and O–H groups in total. The first-order valence-corrected chi connectivity index (χ1v) is 8.29. The van der Waals surface area contributed by atoms with Crippen LogP contribution in [0.15, 0.2) is 42.5 Å². The summed E-state index contributed by atoms with van der Waals surface area (Å²) in [5.41, 5.74) is 2.27. The Morgan fingerprint density at radius 3 is 2.40 bits per heavy atom. The molecule has 0 aliphatic rings. The van der Waals surface area contributed by atoms with Crippen LogP contribution in [0.2, 0.25) is 0 Å². The Balaban J connectivity index is 1.69. The van der Waals surface area contributed by atoms with Crippen molar-refractivity contribution < 1.29 is 19.0 Å². The molecule has 0 aliphatic carbocycles. The standard InChI is InChI=1S/C20H25NO4/c1-15-4-9-19(24-3)16(14-15)10-12-21-20(22)11-13-25-18-7-5-17(23-2)6-8-18/h4-9,14H,10-13H2,1-3H3,(H,21,22). The topological polar surface area (TPSA) is 56.8 Å². The molecule has 5 heteroatoms. The fourth-order valence-electron chi connectivity index (χ4n) is 2.46. The van der Waals surface area contributed by atoms with Crippen molar-refractivity contribution in [3.8, 4) is 17.2 Å². The molecular formula is C20H25NO4. The fourth-order valence-corrected chi connectivity index (χ4v) is 2.46. The number of aryl methyl sites for hydroxylation is 1. The summed E-state index contributed by atoms with van der Waals surface area (Å²) in [4.78, 5) is 11.9. The smallest absolute Gasteiger partial charge is 0.223 e. The average Bonchev–Trinajstić information content (AvgIpc) is 2.62. The van der Waals surface area contributed by atoms with E-state index >= 15 is 0 Å². The van der Waals surface area contributed by atoms with Gasteiger partial charge in [0.2, 0.25) is 5.91 Å². The maximum atomic E-state index is 11.9. The van der Waals surface area contributed by atoms with Gasteiger partial charge in [-0.05, 0) is 49.2 Å². The Morgan fingerprint density at radius 1 is 1.00 bits per heavy atom. The largest absolute Gasteiger partial charge is 0.497 e. The minimum atomic E-state index is -0.0277. The van der Waals surface area contributed by atoms with Crippen molar-refractivity contribution >= 4 is 5.91 Å². The molecule has 0 spiro atoms. The molecule has 0 radical (unpaired) electrons. The lowest BCUT2D eigenvalue weighted by Gasteiger charge is -2.11. The number of rotatable bonds is 9. The van der Waals surface area contributed by atoms with Gasteiger partial charge in [0.1, 0.15) is 17.2 Å². The van der Waals surface area contributed by atoms with Gasteiger partial charge in [0, 0.05) is 6.54 Å². The van der Waals surface area contributed by atoms with Crippen molar-refractivity contribution in [2.45, 2.75) is 19.8 Å². The third kappa shape index (κ3) is 6.03. The van der Waals surface area contributed by atoms with Crippen molar-refractivity contribution in [3.05, 3.63) is 53.6 Å². The number of amides is 1. The molecular weight excluding hydrogens is 318 g/mol. The highest BCUT2D eigenvalue weighted by molar-refractivity contribution is 5.76. The lowest BCUT2D eigenvalue weighted by molar-refractivity contribution is -0.121. The van der Waals surface area contributed by atoms with Gasteiger partial charge in [-0.25, -0.2) is 0 Å². The molecule has 0 aromatic heterocycles. The predicted octanol–water partition coefficient (Wildman–Crippen LogP) is 3.14. The van der Waals surface area contributed by atoms with Crippen LogP contribution in [0.4, 0.5) is 0 Å². The first kappa shape index (κ1) is 18.6. The van der Waals surface area contributed by atoms with E-state index in [0.717, 1.165) is 29.2 Å². The molecule has 0 atom stereocenters. The Morgan fingerprint density at radius 2 is 1.72 bits per heavy atom. The Hall–Kier alpha value is -2.69. The monoisotopic (exact) mass is 343 g/mol. The minimum Gasteiger partial charge on any atom is -0.497 e. The van der Waals surface area contributed by atoms with Crippen LogP contribution in [0.25, 0.3) is 0 Å². The van der Waals surface area contributed by atoms with Crippen LogP contribution >= 0.6 is 0 Å². The molecule has 0 heterocycles. The van der Waals surface area contributed by atoms with Gasteiger partial charge in [0.25, 0.3) is 0 Å². The SMILES string of the molecule is COc1ccc(OCCC(=O)NCCc2cc(C)ccc2OC)cc1. The van der Waals surface area contributed by atoms with Crippen LogP contribution in [0.5, 0.6) is 17.2 Å². The summed E-state index contributed by atoms with van der Waals surface area (Å²) in [5, 5.41) is 2.91. The summed E-state index contributed by atoms with van der Waals surface area (Å²) in [6, 6.07) is 13.3. The summed E-state index contributed by atoms with van der Waals surface area (Å²) in [7, 11) is 3.27. The van der Waals surface area contributed by atoms with Gasteiger partial charge in [-0.1, -0.05) is 17.7 Å². The molecule has 0 aliphatic heterocycles. The van der Waals surface area contributed by atoms with Gasteiger partial charge in [-0.2, -0.15) is 0 Å². The van der Waals surface area contributed by atoms with Gasteiger partial charge in [-0.3, -0.25) is 4.79 Å². The fraction of sp³-hybridized carbons (Fsp3) is 0.350. The summed E-state index contributed by atoms with van der Waals surface area (Å²) in [6.07, 6.45) is 1.05. The maximum absolute atomic E-state index is 11.9.